The molecule has 1 saturated carbocycles. The first kappa shape index (κ1) is 20.6. The van der Waals surface area contributed by atoms with Crippen molar-refractivity contribution < 1.29 is 14.6 Å². The van der Waals surface area contributed by atoms with Gasteiger partial charge >= 0.3 is 0 Å². The van der Waals surface area contributed by atoms with Gasteiger partial charge in [-0.25, -0.2) is 0 Å². The van der Waals surface area contributed by atoms with E-state index in [9.17, 15) is 9.90 Å². The first-order valence-corrected chi connectivity index (χ1v) is 11.9. The fourth-order valence-corrected chi connectivity index (χ4v) is 5.25. The van der Waals surface area contributed by atoms with Crippen molar-refractivity contribution in [1.82, 2.24) is 14.8 Å². The molecular weight excluding hydrogens is 414 g/mol. The molecule has 2 aromatic carbocycles. The van der Waals surface area contributed by atoms with Crippen LogP contribution in [0.25, 0.3) is 22.0 Å². The van der Waals surface area contributed by atoms with Crippen LogP contribution in [0.4, 0.5) is 0 Å². The zero-order valence-corrected chi connectivity index (χ0v) is 18.7. The van der Waals surface area contributed by atoms with Crippen LogP contribution in [-0.4, -0.2) is 63.7 Å². The van der Waals surface area contributed by atoms with E-state index in [1.165, 1.54) is 0 Å². The summed E-state index contributed by atoms with van der Waals surface area (Å²) < 4.78 is 6.07. The maximum absolute atomic E-state index is 12.2. The van der Waals surface area contributed by atoms with Crippen LogP contribution in [0, 0.1) is 0 Å². The third-order valence-corrected chi connectivity index (χ3v) is 7.45. The summed E-state index contributed by atoms with van der Waals surface area (Å²) in [4.78, 5) is 21.1. The molecule has 2 aliphatic heterocycles. The van der Waals surface area contributed by atoms with Gasteiger partial charge in [-0.05, 0) is 55.0 Å². The molecule has 1 aliphatic carbocycles. The van der Waals surface area contributed by atoms with Gasteiger partial charge < -0.3 is 14.7 Å². The van der Waals surface area contributed by atoms with Crippen molar-refractivity contribution in [3.63, 3.8) is 0 Å². The van der Waals surface area contributed by atoms with Gasteiger partial charge in [-0.3, -0.25) is 14.7 Å². The molecule has 3 aliphatic rings. The Bertz CT molecular complexity index is 1200. The molecule has 6 nitrogen and oxygen atoms in total. The number of benzene rings is 2. The predicted octanol–water partition coefficient (Wildman–Crippen LogP) is 3.96. The second kappa shape index (κ2) is 8.12. The molecule has 170 valence electrons. The minimum Gasteiger partial charge on any atom is -0.508 e. The molecule has 0 radical (unpaired) electrons. The third-order valence-electron chi connectivity index (χ3n) is 7.45. The zero-order valence-electron chi connectivity index (χ0n) is 18.7. The van der Waals surface area contributed by atoms with Crippen LogP contribution in [-0.2, 0) is 16.1 Å². The Hall–Kier alpha value is -2.96. The van der Waals surface area contributed by atoms with E-state index in [0.717, 1.165) is 72.9 Å². The number of likely N-dealkylation sites (tertiary alicyclic amines) is 1. The lowest BCUT2D eigenvalue weighted by Gasteiger charge is -2.47. The highest BCUT2D eigenvalue weighted by molar-refractivity contribution is 5.84. The van der Waals surface area contributed by atoms with Gasteiger partial charge in [0.25, 0.3) is 0 Å². The first-order chi connectivity index (χ1) is 16.1. The van der Waals surface area contributed by atoms with Crippen molar-refractivity contribution in [2.24, 2.45) is 0 Å². The van der Waals surface area contributed by atoms with Crippen molar-refractivity contribution in [3.05, 3.63) is 60.3 Å². The number of carbonyl (C=O) groups is 1. The van der Waals surface area contributed by atoms with E-state index in [4.69, 9.17) is 4.74 Å². The number of rotatable bonds is 4. The molecular formula is C27H29N3O3. The van der Waals surface area contributed by atoms with Crippen molar-refractivity contribution in [3.8, 4) is 16.9 Å². The van der Waals surface area contributed by atoms with E-state index in [2.05, 4.69) is 45.1 Å². The van der Waals surface area contributed by atoms with Crippen molar-refractivity contribution in [2.75, 3.05) is 26.2 Å². The van der Waals surface area contributed by atoms with Crippen LogP contribution in [0.3, 0.4) is 0 Å². The second-order valence-electron chi connectivity index (χ2n) is 9.76. The van der Waals surface area contributed by atoms with E-state index in [0.29, 0.717) is 18.3 Å². The first-order valence-electron chi connectivity index (χ1n) is 11.9. The number of ether oxygens (including phenoxy) is 1. The summed E-state index contributed by atoms with van der Waals surface area (Å²) in [6.07, 6.45) is 5.92. The maximum Gasteiger partial charge on any atom is 0.248 e. The Morgan fingerprint density at radius 1 is 1.06 bits per heavy atom. The van der Waals surface area contributed by atoms with Crippen molar-refractivity contribution in [1.29, 1.82) is 0 Å². The number of hydrogen-bond acceptors (Lipinski definition) is 5. The quantitative estimate of drug-likeness (QED) is 0.661. The monoisotopic (exact) mass is 443 g/mol. The number of fused-ring (bicyclic) bond motifs is 1. The third kappa shape index (κ3) is 4.09. The number of morpholine rings is 1. The Labute approximate surface area is 193 Å². The number of phenols is 1. The minimum absolute atomic E-state index is 0.151. The number of phenolic OH excluding ortho intramolecular Hbond substituents is 1. The zero-order chi connectivity index (χ0) is 22.4. The van der Waals surface area contributed by atoms with Gasteiger partial charge in [0.15, 0.2) is 0 Å². The van der Waals surface area contributed by atoms with Crippen LogP contribution < -0.4 is 0 Å². The summed E-state index contributed by atoms with van der Waals surface area (Å²) in [5.41, 5.74) is 3.73. The number of aromatic hydroxyl groups is 1. The number of carbonyl (C=O) groups excluding carboxylic acids is 1. The molecule has 0 bridgehead atoms. The van der Waals surface area contributed by atoms with Gasteiger partial charge in [0, 0.05) is 42.8 Å². The number of amides is 1. The summed E-state index contributed by atoms with van der Waals surface area (Å²) in [6, 6.07) is 16.6. The molecule has 3 heterocycles. The van der Waals surface area contributed by atoms with Crippen LogP contribution >= 0.6 is 0 Å². The Kier molecular flexibility index (Phi) is 5.07. The van der Waals surface area contributed by atoms with Crippen molar-refractivity contribution >= 4 is 16.8 Å². The van der Waals surface area contributed by atoms with Gasteiger partial charge in [-0.2, -0.15) is 0 Å². The Morgan fingerprint density at radius 3 is 2.64 bits per heavy atom. The largest absolute Gasteiger partial charge is 0.508 e. The van der Waals surface area contributed by atoms with E-state index >= 15 is 0 Å². The molecule has 1 spiro atoms. The number of piperidine rings is 1. The van der Waals surface area contributed by atoms with E-state index < -0.39 is 0 Å². The van der Waals surface area contributed by atoms with Crippen LogP contribution in [0.2, 0.25) is 0 Å². The highest BCUT2D eigenvalue weighted by Gasteiger charge is 2.46. The number of nitrogens with zero attached hydrogens (tertiary/aromatic N) is 3. The topological polar surface area (TPSA) is 65.9 Å². The smallest absolute Gasteiger partial charge is 0.248 e. The van der Waals surface area contributed by atoms with Gasteiger partial charge in [0.05, 0.1) is 17.7 Å². The minimum atomic E-state index is -0.191. The normalized spacial score (nSPS) is 21.1. The Morgan fingerprint density at radius 2 is 1.85 bits per heavy atom. The lowest BCUT2D eigenvalue weighted by molar-refractivity contribution is -0.172. The van der Waals surface area contributed by atoms with Gasteiger partial charge in [0.2, 0.25) is 5.91 Å². The highest BCUT2D eigenvalue weighted by atomic mass is 16.5. The molecule has 3 fully saturated rings. The Balaban J connectivity index is 1.12. The number of hydrogen-bond donors (Lipinski definition) is 1. The molecule has 3 aromatic rings. The summed E-state index contributed by atoms with van der Waals surface area (Å²) in [5, 5.41) is 11.9. The number of aromatic nitrogens is 1. The standard InChI is InChI=1S/C27H29N3O3/c31-25-15-21(20-4-3-19-2-1-11-28-24(19)14-20)5-6-22(25)16-29-12-9-27(10-13-29)18-30(23-7-8-23)26(32)17-33-27/h1-6,11,14-15,23,31H,7-10,12-13,16-18H2. The average molecular weight is 444 g/mol. The SMILES string of the molecule is O=C1COC2(CCN(Cc3ccc(-c4ccc5cccnc5c4)cc3O)CC2)CN1C1CC1. The van der Waals surface area contributed by atoms with Crippen LogP contribution in [0.1, 0.15) is 31.2 Å². The molecule has 1 aromatic heterocycles. The van der Waals surface area contributed by atoms with Gasteiger partial charge in [-0.1, -0.05) is 30.3 Å². The summed E-state index contributed by atoms with van der Waals surface area (Å²) >= 11 is 0. The van der Waals surface area contributed by atoms with E-state index in [-0.39, 0.29) is 18.1 Å². The molecule has 6 rings (SSSR count). The van der Waals surface area contributed by atoms with Crippen molar-refractivity contribution in [2.45, 2.75) is 43.9 Å². The predicted molar refractivity (Wildman–Crippen MR) is 127 cm³/mol. The lowest BCUT2D eigenvalue weighted by Crippen LogP contribution is -2.59. The molecule has 2 saturated heterocycles. The lowest BCUT2D eigenvalue weighted by atomic mass is 9.89. The van der Waals surface area contributed by atoms with E-state index in [1.54, 1.807) is 6.20 Å². The average Bonchev–Trinajstić information content (AvgIpc) is 3.69. The van der Waals surface area contributed by atoms with Gasteiger partial charge in [-0.15, -0.1) is 0 Å². The number of pyridine rings is 1. The fraction of sp³-hybridized carbons (Fsp3) is 0.407. The molecule has 1 N–H and O–H groups in total. The fourth-order valence-electron chi connectivity index (χ4n) is 5.25. The van der Waals surface area contributed by atoms with Crippen LogP contribution in [0.5, 0.6) is 5.75 Å². The molecule has 0 unspecified atom stereocenters. The molecule has 0 atom stereocenters. The summed E-state index contributed by atoms with van der Waals surface area (Å²) in [6.45, 7) is 3.50. The van der Waals surface area contributed by atoms with Gasteiger partial charge in [0.1, 0.15) is 12.4 Å². The molecule has 1 amide bonds. The molecule has 33 heavy (non-hydrogen) atoms. The second-order valence-corrected chi connectivity index (χ2v) is 9.76. The van der Waals surface area contributed by atoms with E-state index in [1.807, 2.05) is 18.2 Å². The highest BCUT2D eigenvalue weighted by Crippen LogP contribution is 2.37. The maximum atomic E-state index is 12.2. The molecule has 6 heteroatoms. The summed E-state index contributed by atoms with van der Waals surface area (Å²) in [7, 11) is 0. The summed E-state index contributed by atoms with van der Waals surface area (Å²) in [5.74, 6) is 0.478. The van der Waals surface area contributed by atoms with Crippen LogP contribution in [0.15, 0.2) is 54.7 Å².